The summed E-state index contributed by atoms with van der Waals surface area (Å²) in [7, 11) is 0. The van der Waals surface area contributed by atoms with Gasteiger partial charge in [-0.05, 0) is 12.1 Å². The lowest BCUT2D eigenvalue weighted by molar-refractivity contribution is -0.141. The molecule has 1 aromatic heterocycles. The van der Waals surface area contributed by atoms with E-state index in [-0.39, 0.29) is 5.69 Å². The molecule has 2 amide bonds. The number of anilines is 1. The van der Waals surface area contributed by atoms with Crippen LogP contribution in [0.5, 0.6) is 0 Å². The molecule has 0 spiro atoms. The molecule has 0 aliphatic rings. The average molecular weight is 205 g/mol. The van der Waals surface area contributed by atoms with Crippen molar-refractivity contribution < 1.29 is 18.0 Å². The summed E-state index contributed by atoms with van der Waals surface area (Å²) in [4.78, 5) is 13.4. The van der Waals surface area contributed by atoms with Crippen LogP contribution in [0, 0.1) is 0 Å². The van der Waals surface area contributed by atoms with Crippen LogP contribution in [0.1, 0.15) is 5.69 Å². The van der Waals surface area contributed by atoms with Gasteiger partial charge in [0, 0.05) is 0 Å². The van der Waals surface area contributed by atoms with Crippen LogP contribution in [0.15, 0.2) is 18.3 Å². The Balaban J connectivity index is 2.84. The lowest BCUT2D eigenvalue weighted by Gasteiger charge is -2.06. The quantitative estimate of drug-likeness (QED) is 0.730. The van der Waals surface area contributed by atoms with Gasteiger partial charge in [-0.15, -0.1) is 0 Å². The number of primary amides is 1. The normalized spacial score (nSPS) is 11.1. The van der Waals surface area contributed by atoms with Crippen molar-refractivity contribution in [2.45, 2.75) is 6.18 Å². The predicted octanol–water partition coefficient (Wildman–Crippen LogP) is 1.59. The van der Waals surface area contributed by atoms with Crippen molar-refractivity contribution >= 4 is 11.7 Å². The summed E-state index contributed by atoms with van der Waals surface area (Å²) in [6.07, 6.45) is -3.60. The molecule has 14 heavy (non-hydrogen) atoms. The second-order valence-corrected chi connectivity index (χ2v) is 2.42. The van der Waals surface area contributed by atoms with Gasteiger partial charge in [0.15, 0.2) is 0 Å². The molecule has 0 bridgehead atoms. The van der Waals surface area contributed by atoms with Gasteiger partial charge >= 0.3 is 12.2 Å². The van der Waals surface area contributed by atoms with Gasteiger partial charge in [0.2, 0.25) is 0 Å². The SMILES string of the molecule is NC(=O)Nc1ccc(C(F)(F)F)nc1. The van der Waals surface area contributed by atoms with Crippen molar-refractivity contribution in [3.63, 3.8) is 0 Å². The first-order valence-electron chi connectivity index (χ1n) is 3.49. The van der Waals surface area contributed by atoms with Gasteiger partial charge in [-0.3, -0.25) is 0 Å². The third-order valence-electron chi connectivity index (χ3n) is 1.32. The molecule has 0 fully saturated rings. The second kappa shape index (κ2) is 3.52. The number of pyridine rings is 1. The number of urea groups is 1. The van der Waals surface area contributed by atoms with Gasteiger partial charge in [0.1, 0.15) is 5.69 Å². The van der Waals surface area contributed by atoms with Crippen LogP contribution in [0.25, 0.3) is 0 Å². The first-order chi connectivity index (χ1) is 6.39. The van der Waals surface area contributed by atoms with Crippen molar-refractivity contribution in [2.75, 3.05) is 5.32 Å². The van der Waals surface area contributed by atoms with Crippen LogP contribution in [0.4, 0.5) is 23.7 Å². The Morgan fingerprint density at radius 3 is 2.43 bits per heavy atom. The smallest absolute Gasteiger partial charge is 0.351 e. The summed E-state index contributed by atoms with van der Waals surface area (Å²) < 4.78 is 36.0. The molecule has 7 heteroatoms. The van der Waals surface area contributed by atoms with Crippen LogP contribution in [0.3, 0.4) is 0 Å². The Bertz CT molecular complexity index is 333. The molecule has 0 saturated heterocycles. The maximum atomic E-state index is 12.0. The van der Waals surface area contributed by atoms with E-state index in [1.807, 2.05) is 0 Å². The first kappa shape index (κ1) is 10.3. The molecule has 1 rings (SSSR count). The Kier molecular flexibility index (Phi) is 2.59. The second-order valence-electron chi connectivity index (χ2n) is 2.42. The number of carbonyl (C=O) groups is 1. The highest BCUT2D eigenvalue weighted by Gasteiger charge is 2.31. The predicted molar refractivity (Wildman–Crippen MR) is 42.4 cm³/mol. The fraction of sp³-hybridized carbons (Fsp3) is 0.143. The maximum absolute atomic E-state index is 12.0. The fourth-order valence-corrected chi connectivity index (χ4v) is 0.778. The van der Waals surface area contributed by atoms with Crippen LogP contribution < -0.4 is 11.1 Å². The lowest BCUT2D eigenvalue weighted by Crippen LogP contribution is -2.19. The van der Waals surface area contributed by atoms with Gasteiger partial charge in [0.05, 0.1) is 11.9 Å². The van der Waals surface area contributed by atoms with E-state index in [1.54, 1.807) is 0 Å². The van der Waals surface area contributed by atoms with E-state index in [0.717, 1.165) is 18.3 Å². The average Bonchev–Trinajstić information content (AvgIpc) is 2.02. The molecule has 0 aliphatic carbocycles. The third-order valence-corrected chi connectivity index (χ3v) is 1.32. The number of hydrogen-bond donors (Lipinski definition) is 2. The fourth-order valence-electron chi connectivity index (χ4n) is 0.778. The number of rotatable bonds is 1. The molecule has 0 atom stereocenters. The van der Waals surface area contributed by atoms with E-state index >= 15 is 0 Å². The van der Waals surface area contributed by atoms with E-state index in [4.69, 9.17) is 5.73 Å². The molecule has 0 aromatic carbocycles. The molecular weight excluding hydrogens is 199 g/mol. The lowest BCUT2D eigenvalue weighted by atomic mass is 10.3. The molecule has 0 saturated carbocycles. The summed E-state index contributed by atoms with van der Waals surface area (Å²) >= 11 is 0. The number of nitrogens with two attached hydrogens (primary N) is 1. The summed E-state index contributed by atoms with van der Waals surface area (Å²) in [6, 6.07) is 0.970. The van der Waals surface area contributed by atoms with Gasteiger partial charge in [-0.25, -0.2) is 9.78 Å². The van der Waals surface area contributed by atoms with Crippen LogP contribution in [0.2, 0.25) is 0 Å². The molecule has 4 nitrogen and oxygen atoms in total. The summed E-state index contributed by atoms with van der Waals surface area (Å²) in [6.45, 7) is 0. The zero-order chi connectivity index (χ0) is 10.8. The van der Waals surface area contributed by atoms with E-state index in [9.17, 15) is 18.0 Å². The largest absolute Gasteiger partial charge is 0.433 e. The zero-order valence-electron chi connectivity index (χ0n) is 6.80. The molecule has 3 N–H and O–H groups in total. The van der Waals surface area contributed by atoms with Crippen LogP contribution >= 0.6 is 0 Å². The van der Waals surface area contributed by atoms with Crippen LogP contribution in [-0.4, -0.2) is 11.0 Å². The Labute approximate surface area is 76.9 Å². The summed E-state index contributed by atoms with van der Waals surface area (Å²) in [5, 5.41) is 2.09. The monoisotopic (exact) mass is 205 g/mol. The van der Waals surface area contributed by atoms with Crippen molar-refractivity contribution in [1.29, 1.82) is 0 Å². The molecule has 1 aromatic rings. The Hall–Kier alpha value is -1.79. The number of aromatic nitrogens is 1. The van der Waals surface area contributed by atoms with Gasteiger partial charge in [-0.2, -0.15) is 13.2 Å². The maximum Gasteiger partial charge on any atom is 0.433 e. The molecule has 0 unspecified atom stereocenters. The van der Waals surface area contributed by atoms with Crippen molar-refractivity contribution in [1.82, 2.24) is 4.98 Å². The number of amides is 2. The number of hydrogen-bond acceptors (Lipinski definition) is 2. The Morgan fingerprint density at radius 2 is 2.07 bits per heavy atom. The first-order valence-corrected chi connectivity index (χ1v) is 3.49. The highest BCUT2D eigenvalue weighted by molar-refractivity contribution is 5.87. The minimum absolute atomic E-state index is 0.116. The van der Waals surface area contributed by atoms with E-state index in [2.05, 4.69) is 10.3 Å². The highest BCUT2D eigenvalue weighted by Crippen LogP contribution is 2.27. The van der Waals surface area contributed by atoms with E-state index in [0.29, 0.717) is 0 Å². The minimum atomic E-state index is -4.48. The van der Waals surface area contributed by atoms with Gasteiger partial charge < -0.3 is 11.1 Å². The van der Waals surface area contributed by atoms with Crippen molar-refractivity contribution in [3.8, 4) is 0 Å². The van der Waals surface area contributed by atoms with Crippen molar-refractivity contribution in [2.24, 2.45) is 5.73 Å². The van der Waals surface area contributed by atoms with Crippen molar-refractivity contribution in [3.05, 3.63) is 24.0 Å². The number of alkyl halides is 3. The number of halogens is 3. The van der Waals surface area contributed by atoms with Crippen LogP contribution in [-0.2, 0) is 6.18 Å². The third kappa shape index (κ3) is 2.61. The standard InChI is InChI=1S/C7H6F3N3O/c8-7(9,10)5-2-1-4(3-12-5)13-6(11)14/h1-3H,(H3,11,13,14). The molecule has 0 radical (unpaired) electrons. The molecule has 0 aliphatic heterocycles. The van der Waals surface area contributed by atoms with Gasteiger partial charge in [-0.1, -0.05) is 0 Å². The number of nitrogens with one attached hydrogen (secondary N) is 1. The zero-order valence-corrected chi connectivity index (χ0v) is 6.80. The minimum Gasteiger partial charge on any atom is -0.351 e. The topological polar surface area (TPSA) is 68.0 Å². The van der Waals surface area contributed by atoms with Gasteiger partial charge in [0.25, 0.3) is 0 Å². The number of carbonyl (C=O) groups excluding carboxylic acids is 1. The molecular formula is C7H6F3N3O. The van der Waals surface area contributed by atoms with E-state index < -0.39 is 17.9 Å². The van der Waals surface area contributed by atoms with E-state index in [1.165, 1.54) is 0 Å². The highest BCUT2D eigenvalue weighted by atomic mass is 19.4. The Morgan fingerprint density at radius 1 is 1.43 bits per heavy atom. The summed E-state index contributed by atoms with van der Waals surface area (Å²) in [5.41, 5.74) is 3.84. The number of nitrogens with zero attached hydrogens (tertiary/aromatic N) is 1. The molecule has 1 heterocycles. The summed E-state index contributed by atoms with van der Waals surface area (Å²) in [5.74, 6) is 0. The molecule has 76 valence electrons.